The van der Waals surface area contributed by atoms with E-state index < -0.39 is 0 Å². The first-order valence-electron chi connectivity index (χ1n) is 5.24. The maximum Gasteiger partial charge on any atom is 0.0320 e. The maximum absolute atomic E-state index is 3.59. The predicted molar refractivity (Wildman–Crippen MR) is 63.3 cm³/mol. The molecule has 1 nitrogen and oxygen atoms in total. The van der Waals surface area contributed by atoms with Crippen LogP contribution in [0.15, 0.2) is 28.7 Å². The van der Waals surface area contributed by atoms with E-state index in [-0.39, 0.29) is 0 Å². The Morgan fingerprint density at radius 2 is 2.21 bits per heavy atom. The Morgan fingerprint density at radius 3 is 2.86 bits per heavy atom. The SMILES string of the molecule is CC1CCC(c2cccc(Br)c2)NC1. The van der Waals surface area contributed by atoms with Gasteiger partial charge in [-0.05, 0) is 43.0 Å². The summed E-state index contributed by atoms with van der Waals surface area (Å²) >= 11 is 3.51. The van der Waals surface area contributed by atoms with Crippen molar-refractivity contribution in [2.24, 2.45) is 5.92 Å². The zero-order chi connectivity index (χ0) is 9.97. The number of hydrogen-bond donors (Lipinski definition) is 1. The standard InChI is InChI=1S/C12H16BrN/c1-9-5-6-12(14-8-9)10-3-2-4-11(13)7-10/h2-4,7,9,12,14H,5-6,8H2,1H3. The van der Waals surface area contributed by atoms with Crippen LogP contribution < -0.4 is 5.32 Å². The van der Waals surface area contributed by atoms with E-state index in [1.165, 1.54) is 22.9 Å². The quantitative estimate of drug-likeness (QED) is 0.808. The van der Waals surface area contributed by atoms with E-state index in [4.69, 9.17) is 0 Å². The summed E-state index contributed by atoms with van der Waals surface area (Å²) in [6.07, 6.45) is 2.60. The number of halogens is 1. The summed E-state index contributed by atoms with van der Waals surface area (Å²) in [5.74, 6) is 0.832. The third-order valence-electron chi connectivity index (χ3n) is 2.91. The second kappa shape index (κ2) is 4.45. The molecule has 2 heteroatoms. The van der Waals surface area contributed by atoms with Crippen LogP contribution >= 0.6 is 15.9 Å². The zero-order valence-corrected chi connectivity index (χ0v) is 10.0. The van der Waals surface area contributed by atoms with Crippen LogP contribution in [0.3, 0.4) is 0 Å². The second-order valence-corrected chi connectivity index (χ2v) is 5.11. The van der Waals surface area contributed by atoms with Crippen molar-refractivity contribution in [2.75, 3.05) is 6.54 Å². The van der Waals surface area contributed by atoms with Crippen molar-refractivity contribution >= 4 is 15.9 Å². The van der Waals surface area contributed by atoms with Crippen molar-refractivity contribution in [3.05, 3.63) is 34.3 Å². The van der Waals surface area contributed by atoms with E-state index in [9.17, 15) is 0 Å². The minimum atomic E-state index is 0.559. The van der Waals surface area contributed by atoms with Crippen LogP contribution in [-0.4, -0.2) is 6.54 Å². The molecule has 1 aromatic rings. The molecule has 1 aliphatic heterocycles. The van der Waals surface area contributed by atoms with Crippen molar-refractivity contribution in [1.29, 1.82) is 0 Å². The van der Waals surface area contributed by atoms with E-state index in [0.29, 0.717) is 6.04 Å². The molecule has 1 saturated heterocycles. The second-order valence-electron chi connectivity index (χ2n) is 4.20. The normalized spacial score (nSPS) is 27.6. The largest absolute Gasteiger partial charge is 0.310 e. The molecule has 0 aromatic heterocycles. The van der Waals surface area contributed by atoms with Crippen LogP contribution in [0.4, 0.5) is 0 Å². The molecule has 76 valence electrons. The monoisotopic (exact) mass is 253 g/mol. The highest BCUT2D eigenvalue weighted by Gasteiger charge is 2.18. The molecular formula is C12H16BrN. The minimum Gasteiger partial charge on any atom is -0.310 e. The highest BCUT2D eigenvalue weighted by Crippen LogP contribution is 2.26. The van der Waals surface area contributed by atoms with Gasteiger partial charge < -0.3 is 5.32 Å². The smallest absolute Gasteiger partial charge is 0.0320 e. The topological polar surface area (TPSA) is 12.0 Å². The lowest BCUT2D eigenvalue weighted by Crippen LogP contribution is -2.31. The molecule has 1 heterocycles. The molecule has 1 fully saturated rings. The highest BCUT2D eigenvalue weighted by atomic mass is 79.9. The molecule has 2 atom stereocenters. The van der Waals surface area contributed by atoms with Crippen molar-refractivity contribution in [1.82, 2.24) is 5.32 Å². The lowest BCUT2D eigenvalue weighted by Gasteiger charge is -2.28. The van der Waals surface area contributed by atoms with Crippen LogP contribution in [0.25, 0.3) is 0 Å². The first kappa shape index (κ1) is 10.2. The van der Waals surface area contributed by atoms with Crippen molar-refractivity contribution in [3.8, 4) is 0 Å². The van der Waals surface area contributed by atoms with E-state index in [1.54, 1.807) is 0 Å². The van der Waals surface area contributed by atoms with Crippen LogP contribution in [0.1, 0.15) is 31.4 Å². The number of benzene rings is 1. The van der Waals surface area contributed by atoms with Gasteiger partial charge in [0.15, 0.2) is 0 Å². The van der Waals surface area contributed by atoms with Crippen molar-refractivity contribution in [2.45, 2.75) is 25.8 Å². The molecule has 2 unspecified atom stereocenters. The summed E-state index contributed by atoms with van der Waals surface area (Å²) in [7, 11) is 0. The Morgan fingerprint density at radius 1 is 1.36 bits per heavy atom. The minimum absolute atomic E-state index is 0.559. The van der Waals surface area contributed by atoms with E-state index >= 15 is 0 Å². The van der Waals surface area contributed by atoms with Gasteiger partial charge in [0.25, 0.3) is 0 Å². The Labute approximate surface area is 94.0 Å². The average Bonchev–Trinajstić information content (AvgIpc) is 2.19. The zero-order valence-electron chi connectivity index (χ0n) is 8.46. The summed E-state index contributed by atoms with van der Waals surface area (Å²) in [4.78, 5) is 0. The van der Waals surface area contributed by atoms with Crippen LogP contribution in [0, 0.1) is 5.92 Å². The first-order valence-corrected chi connectivity index (χ1v) is 6.04. The molecule has 14 heavy (non-hydrogen) atoms. The molecular weight excluding hydrogens is 238 g/mol. The predicted octanol–water partition coefficient (Wildman–Crippen LogP) is 3.51. The average molecular weight is 254 g/mol. The Hall–Kier alpha value is -0.340. The third kappa shape index (κ3) is 2.37. The van der Waals surface area contributed by atoms with Gasteiger partial charge in [0.2, 0.25) is 0 Å². The third-order valence-corrected chi connectivity index (χ3v) is 3.41. The molecule has 1 aromatic carbocycles. The van der Waals surface area contributed by atoms with Gasteiger partial charge in [0, 0.05) is 10.5 Å². The van der Waals surface area contributed by atoms with Crippen molar-refractivity contribution in [3.63, 3.8) is 0 Å². The van der Waals surface area contributed by atoms with Gasteiger partial charge in [0.1, 0.15) is 0 Å². The molecule has 0 bridgehead atoms. The van der Waals surface area contributed by atoms with Gasteiger partial charge in [-0.1, -0.05) is 35.0 Å². The first-order chi connectivity index (χ1) is 6.75. The highest BCUT2D eigenvalue weighted by molar-refractivity contribution is 9.10. The Balaban J connectivity index is 2.08. The number of hydrogen-bond acceptors (Lipinski definition) is 1. The van der Waals surface area contributed by atoms with Gasteiger partial charge in [-0.2, -0.15) is 0 Å². The molecule has 2 rings (SSSR count). The molecule has 0 amide bonds. The summed E-state index contributed by atoms with van der Waals surface area (Å²) in [5, 5.41) is 3.59. The fourth-order valence-corrected chi connectivity index (χ4v) is 2.42. The fourth-order valence-electron chi connectivity index (χ4n) is 2.01. The molecule has 1 aliphatic rings. The van der Waals surface area contributed by atoms with Gasteiger partial charge in [-0.3, -0.25) is 0 Å². The summed E-state index contributed by atoms with van der Waals surface area (Å²) in [5.41, 5.74) is 1.41. The van der Waals surface area contributed by atoms with Crippen molar-refractivity contribution < 1.29 is 0 Å². The van der Waals surface area contributed by atoms with Gasteiger partial charge in [-0.25, -0.2) is 0 Å². The van der Waals surface area contributed by atoms with Gasteiger partial charge in [-0.15, -0.1) is 0 Å². The molecule has 1 N–H and O–H groups in total. The van der Waals surface area contributed by atoms with Gasteiger partial charge in [0.05, 0.1) is 0 Å². The lowest BCUT2D eigenvalue weighted by atomic mass is 9.92. The number of rotatable bonds is 1. The van der Waals surface area contributed by atoms with Crippen LogP contribution in [0.2, 0.25) is 0 Å². The van der Waals surface area contributed by atoms with Crippen LogP contribution in [-0.2, 0) is 0 Å². The molecule has 0 radical (unpaired) electrons. The summed E-state index contributed by atoms with van der Waals surface area (Å²) in [6, 6.07) is 9.17. The van der Waals surface area contributed by atoms with Crippen LogP contribution in [0.5, 0.6) is 0 Å². The summed E-state index contributed by atoms with van der Waals surface area (Å²) < 4.78 is 1.18. The molecule has 0 saturated carbocycles. The van der Waals surface area contributed by atoms with E-state index in [2.05, 4.69) is 52.4 Å². The molecule has 0 aliphatic carbocycles. The number of piperidine rings is 1. The fraction of sp³-hybridized carbons (Fsp3) is 0.500. The van der Waals surface area contributed by atoms with E-state index in [0.717, 1.165) is 12.5 Å². The summed E-state index contributed by atoms with van der Waals surface area (Å²) in [6.45, 7) is 3.46. The van der Waals surface area contributed by atoms with Gasteiger partial charge >= 0.3 is 0 Å². The Bertz CT molecular complexity index is 303. The molecule has 0 spiro atoms. The van der Waals surface area contributed by atoms with E-state index in [1.807, 2.05) is 0 Å². The Kier molecular flexibility index (Phi) is 3.24. The number of nitrogens with one attached hydrogen (secondary N) is 1. The maximum atomic E-state index is 3.59. The lowest BCUT2D eigenvalue weighted by molar-refractivity contribution is 0.333.